The van der Waals surface area contributed by atoms with Crippen LogP contribution < -0.4 is 10.6 Å². The third-order valence-corrected chi connectivity index (χ3v) is 4.08. The van der Waals surface area contributed by atoms with E-state index in [0.29, 0.717) is 11.5 Å². The Morgan fingerprint density at radius 1 is 1.35 bits per heavy atom. The number of pyridine rings is 1. The number of nitrogens with zero attached hydrogens (tertiary/aromatic N) is 1. The monoisotopic (exact) mass is 269 g/mol. The van der Waals surface area contributed by atoms with E-state index >= 15 is 0 Å². The topological polar surface area (TPSA) is 54.0 Å². The largest absolute Gasteiger partial charge is 0.373 e. The lowest BCUT2D eigenvalue weighted by molar-refractivity contribution is 0.0952. The van der Waals surface area contributed by atoms with E-state index in [1.54, 1.807) is 6.20 Å². The first kappa shape index (κ1) is 12.9. The van der Waals surface area contributed by atoms with Crippen molar-refractivity contribution in [2.75, 3.05) is 18.9 Å². The molecular formula is C16H19N3O. The number of carbonyl (C=O) groups is 1. The van der Waals surface area contributed by atoms with Crippen molar-refractivity contribution in [2.45, 2.75) is 13.3 Å². The Morgan fingerprint density at radius 3 is 2.70 bits per heavy atom. The maximum absolute atomic E-state index is 12.3. The maximum Gasteiger partial charge on any atom is 0.253 e. The summed E-state index contributed by atoms with van der Waals surface area (Å²) in [6.07, 6.45) is 2.87. The van der Waals surface area contributed by atoms with Gasteiger partial charge in [0.2, 0.25) is 0 Å². The average molecular weight is 269 g/mol. The number of rotatable bonds is 4. The van der Waals surface area contributed by atoms with Gasteiger partial charge in [-0.3, -0.25) is 4.79 Å². The number of anilines is 1. The molecule has 20 heavy (non-hydrogen) atoms. The summed E-state index contributed by atoms with van der Waals surface area (Å²) in [5.41, 5.74) is 0.646. The van der Waals surface area contributed by atoms with Crippen LogP contribution in [0.5, 0.6) is 0 Å². The second-order valence-corrected chi connectivity index (χ2v) is 5.50. The zero-order valence-corrected chi connectivity index (χ0v) is 11.8. The standard InChI is InChI=1S/C16H19N3O/c1-10-7-11(10)8-19-16(20)14-9-18-15(17-2)13-6-4-3-5-12(13)14/h3-6,9-11H,7-8H2,1-2H3,(H,17,18)(H,19,20). The number of benzene rings is 1. The summed E-state index contributed by atoms with van der Waals surface area (Å²) < 4.78 is 0. The van der Waals surface area contributed by atoms with Crippen LogP contribution in [0.15, 0.2) is 30.5 Å². The van der Waals surface area contributed by atoms with E-state index in [0.717, 1.165) is 29.1 Å². The summed E-state index contributed by atoms with van der Waals surface area (Å²) in [5, 5.41) is 7.99. The van der Waals surface area contributed by atoms with Crippen molar-refractivity contribution in [3.63, 3.8) is 0 Å². The molecule has 0 saturated heterocycles. The van der Waals surface area contributed by atoms with Gasteiger partial charge in [0.1, 0.15) is 5.82 Å². The zero-order chi connectivity index (χ0) is 14.1. The highest BCUT2D eigenvalue weighted by Crippen LogP contribution is 2.36. The van der Waals surface area contributed by atoms with Gasteiger partial charge in [0.25, 0.3) is 5.91 Å². The Hall–Kier alpha value is -2.10. The highest BCUT2D eigenvalue weighted by Gasteiger charge is 2.32. The van der Waals surface area contributed by atoms with Gasteiger partial charge in [-0.05, 0) is 23.6 Å². The normalized spacial score (nSPS) is 20.7. The minimum absolute atomic E-state index is 0.0320. The van der Waals surface area contributed by atoms with E-state index in [1.807, 2.05) is 31.3 Å². The van der Waals surface area contributed by atoms with Crippen molar-refractivity contribution in [3.8, 4) is 0 Å². The van der Waals surface area contributed by atoms with Crippen LogP contribution >= 0.6 is 0 Å². The summed E-state index contributed by atoms with van der Waals surface area (Å²) in [5.74, 6) is 2.16. The Balaban J connectivity index is 1.89. The van der Waals surface area contributed by atoms with E-state index in [-0.39, 0.29) is 5.91 Å². The van der Waals surface area contributed by atoms with Crippen LogP contribution in [-0.4, -0.2) is 24.5 Å². The lowest BCUT2D eigenvalue weighted by Crippen LogP contribution is -2.26. The number of carbonyl (C=O) groups excluding carboxylic acids is 1. The number of fused-ring (bicyclic) bond motifs is 1. The summed E-state index contributed by atoms with van der Waals surface area (Å²) >= 11 is 0. The Labute approximate surface area is 118 Å². The maximum atomic E-state index is 12.3. The van der Waals surface area contributed by atoms with E-state index in [4.69, 9.17) is 0 Å². The van der Waals surface area contributed by atoms with Crippen molar-refractivity contribution >= 4 is 22.5 Å². The van der Waals surface area contributed by atoms with Gasteiger partial charge in [0.15, 0.2) is 0 Å². The molecule has 0 radical (unpaired) electrons. The molecule has 2 atom stereocenters. The van der Waals surface area contributed by atoms with E-state index < -0.39 is 0 Å². The van der Waals surface area contributed by atoms with Crippen LogP contribution in [0, 0.1) is 11.8 Å². The molecule has 4 nitrogen and oxygen atoms in total. The molecule has 1 amide bonds. The van der Waals surface area contributed by atoms with Gasteiger partial charge >= 0.3 is 0 Å². The Bertz CT molecular complexity index is 653. The molecule has 1 aliphatic rings. The van der Waals surface area contributed by atoms with Crippen LogP contribution in [0.3, 0.4) is 0 Å². The van der Waals surface area contributed by atoms with Gasteiger partial charge in [-0.2, -0.15) is 0 Å². The van der Waals surface area contributed by atoms with Gasteiger partial charge in [0, 0.05) is 25.2 Å². The van der Waals surface area contributed by atoms with Crippen molar-refractivity contribution in [1.82, 2.24) is 10.3 Å². The molecule has 2 aromatic rings. The third-order valence-electron chi connectivity index (χ3n) is 4.08. The molecule has 1 aromatic carbocycles. The molecule has 0 aliphatic heterocycles. The number of aromatic nitrogens is 1. The Morgan fingerprint density at radius 2 is 2.05 bits per heavy atom. The highest BCUT2D eigenvalue weighted by atomic mass is 16.1. The second kappa shape index (κ2) is 5.12. The highest BCUT2D eigenvalue weighted by molar-refractivity contribution is 6.09. The van der Waals surface area contributed by atoms with Gasteiger partial charge < -0.3 is 10.6 Å². The molecule has 3 rings (SSSR count). The van der Waals surface area contributed by atoms with Gasteiger partial charge in [-0.15, -0.1) is 0 Å². The smallest absolute Gasteiger partial charge is 0.253 e. The SMILES string of the molecule is CNc1ncc(C(=O)NCC2CC2C)c2ccccc12. The van der Waals surface area contributed by atoms with Crippen LogP contribution in [0.2, 0.25) is 0 Å². The van der Waals surface area contributed by atoms with Crippen LogP contribution in [0.25, 0.3) is 10.8 Å². The summed E-state index contributed by atoms with van der Waals surface area (Å²) in [4.78, 5) is 16.7. The first-order valence-corrected chi connectivity index (χ1v) is 7.04. The lowest BCUT2D eigenvalue weighted by Gasteiger charge is -2.10. The number of amides is 1. The molecule has 0 spiro atoms. The van der Waals surface area contributed by atoms with Crippen LogP contribution in [-0.2, 0) is 0 Å². The summed E-state index contributed by atoms with van der Waals surface area (Å²) in [6.45, 7) is 2.98. The van der Waals surface area contributed by atoms with Crippen molar-refractivity contribution in [2.24, 2.45) is 11.8 Å². The van der Waals surface area contributed by atoms with Crippen molar-refractivity contribution in [3.05, 3.63) is 36.0 Å². The van der Waals surface area contributed by atoms with E-state index in [9.17, 15) is 4.79 Å². The fourth-order valence-electron chi connectivity index (χ4n) is 2.58. The molecule has 2 N–H and O–H groups in total. The zero-order valence-electron chi connectivity index (χ0n) is 11.8. The summed E-state index contributed by atoms with van der Waals surface area (Å²) in [6, 6.07) is 7.85. The number of nitrogens with one attached hydrogen (secondary N) is 2. The first-order chi connectivity index (χ1) is 9.70. The molecule has 1 aliphatic carbocycles. The van der Waals surface area contributed by atoms with Crippen molar-refractivity contribution < 1.29 is 4.79 Å². The van der Waals surface area contributed by atoms with Gasteiger partial charge in [-0.25, -0.2) is 4.98 Å². The van der Waals surface area contributed by atoms with Gasteiger partial charge in [0.05, 0.1) is 5.56 Å². The van der Waals surface area contributed by atoms with Crippen LogP contribution in [0.4, 0.5) is 5.82 Å². The second-order valence-electron chi connectivity index (χ2n) is 5.50. The van der Waals surface area contributed by atoms with Crippen molar-refractivity contribution in [1.29, 1.82) is 0 Å². The lowest BCUT2D eigenvalue weighted by atomic mass is 10.1. The van der Waals surface area contributed by atoms with Gasteiger partial charge in [-0.1, -0.05) is 31.2 Å². The first-order valence-electron chi connectivity index (χ1n) is 7.04. The molecular weight excluding hydrogens is 250 g/mol. The fraction of sp³-hybridized carbons (Fsp3) is 0.375. The molecule has 1 heterocycles. The molecule has 4 heteroatoms. The molecule has 1 aromatic heterocycles. The van der Waals surface area contributed by atoms with E-state index in [1.165, 1.54) is 6.42 Å². The number of hydrogen-bond acceptors (Lipinski definition) is 3. The number of hydrogen-bond donors (Lipinski definition) is 2. The fourth-order valence-corrected chi connectivity index (χ4v) is 2.58. The predicted molar refractivity (Wildman–Crippen MR) is 80.9 cm³/mol. The quantitative estimate of drug-likeness (QED) is 0.897. The molecule has 104 valence electrons. The minimum Gasteiger partial charge on any atom is -0.373 e. The minimum atomic E-state index is -0.0320. The van der Waals surface area contributed by atoms with E-state index in [2.05, 4.69) is 22.5 Å². The average Bonchev–Trinajstić information content (AvgIpc) is 3.19. The molecule has 0 bridgehead atoms. The van der Waals surface area contributed by atoms with Crippen LogP contribution in [0.1, 0.15) is 23.7 Å². The predicted octanol–water partition coefficient (Wildman–Crippen LogP) is 2.66. The molecule has 2 unspecified atom stereocenters. The molecule has 1 fully saturated rings. The summed E-state index contributed by atoms with van der Waals surface area (Å²) in [7, 11) is 1.84. The third kappa shape index (κ3) is 2.33. The molecule has 1 saturated carbocycles. The Kier molecular flexibility index (Phi) is 3.30.